The van der Waals surface area contributed by atoms with Gasteiger partial charge in [0.15, 0.2) is 0 Å². The zero-order chi connectivity index (χ0) is 37.6. The molecule has 0 saturated carbocycles. The summed E-state index contributed by atoms with van der Waals surface area (Å²) in [4.78, 5) is 40.5. The van der Waals surface area contributed by atoms with Crippen molar-refractivity contribution in [1.29, 1.82) is 0 Å². The number of nitrogens with zero attached hydrogens (tertiary/aromatic N) is 4. The van der Waals surface area contributed by atoms with Gasteiger partial charge in [-0.25, -0.2) is 9.97 Å². The van der Waals surface area contributed by atoms with Crippen LogP contribution in [0, 0.1) is 5.92 Å². The van der Waals surface area contributed by atoms with Crippen molar-refractivity contribution in [3.05, 3.63) is 75.5 Å². The second-order valence-electron chi connectivity index (χ2n) is 15.4. The normalized spacial score (nSPS) is 20.3. The lowest BCUT2D eigenvalue weighted by Gasteiger charge is -2.47. The number of benzene rings is 2. The van der Waals surface area contributed by atoms with Gasteiger partial charge in [-0.3, -0.25) is 19.5 Å². The number of aromatic nitrogens is 3. The molecule has 5 heterocycles. The lowest BCUT2D eigenvalue weighted by Crippen LogP contribution is -2.66. The third-order valence-corrected chi connectivity index (χ3v) is 11.7. The number of aryl methyl sites for hydroxylation is 1. The largest absolute Gasteiger partial charge is 0.480 e. The first kappa shape index (κ1) is 36.7. The van der Waals surface area contributed by atoms with Crippen LogP contribution in [0.3, 0.4) is 0 Å². The minimum atomic E-state index is -0.109. The number of rotatable bonds is 12. The number of carbonyl (C=O) groups is 2. The van der Waals surface area contributed by atoms with Crippen molar-refractivity contribution in [3.63, 3.8) is 0 Å². The van der Waals surface area contributed by atoms with E-state index in [4.69, 9.17) is 47.6 Å². The summed E-state index contributed by atoms with van der Waals surface area (Å²) >= 11 is 14.4. The van der Waals surface area contributed by atoms with Crippen LogP contribution in [0.2, 0.25) is 10.0 Å². The minimum Gasteiger partial charge on any atom is -0.480 e. The summed E-state index contributed by atoms with van der Waals surface area (Å²) in [5, 5.41) is 10.9. The highest BCUT2D eigenvalue weighted by molar-refractivity contribution is 6.39. The van der Waals surface area contributed by atoms with E-state index in [1.165, 1.54) is 5.56 Å². The van der Waals surface area contributed by atoms with Crippen LogP contribution in [-0.2, 0) is 22.6 Å². The molecule has 1 unspecified atom stereocenters. The molecule has 0 bridgehead atoms. The van der Waals surface area contributed by atoms with E-state index >= 15 is 0 Å². The fourth-order valence-electron chi connectivity index (χ4n) is 8.24. The second-order valence-corrected chi connectivity index (χ2v) is 16.2. The van der Waals surface area contributed by atoms with Gasteiger partial charge in [0.25, 0.3) is 0 Å². The quantitative estimate of drug-likeness (QED) is 0.147. The molecule has 11 nitrogen and oxygen atoms in total. The molecule has 3 fully saturated rings. The highest BCUT2D eigenvalue weighted by atomic mass is 35.5. The van der Waals surface area contributed by atoms with Crippen molar-refractivity contribution in [2.45, 2.75) is 76.5 Å². The molecular weight excluding hydrogens is 725 g/mol. The summed E-state index contributed by atoms with van der Waals surface area (Å²) in [6, 6.07) is 14.1. The van der Waals surface area contributed by atoms with Crippen LogP contribution in [0.4, 0.5) is 0 Å². The van der Waals surface area contributed by atoms with Gasteiger partial charge in [0.2, 0.25) is 23.6 Å². The van der Waals surface area contributed by atoms with Crippen LogP contribution in [0.25, 0.3) is 33.6 Å². The van der Waals surface area contributed by atoms with Crippen LogP contribution in [-0.4, -0.2) is 76.6 Å². The van der Waals surface area contributed by atoms with Crippen LogP contribution >= 0.6 is 23.2 Å². The molecule has 1 spiro atoms. The third kappa shape index (κ3) is 7.26. The summed E-state index contributed by atoms with van der Waals surface area (Å²) in [6.07, 6.45) is 6.40. The monoisotopic (exact) mass is 769 g/mol. The SMILES string of the molecule is COc1nc(-c2cccc(-c3cccc(-c4cc5c(c(OCC(C)C)n4)C(NC[C@@H]4CCC(=O)N4)CC5)c3Cl)c2Cl)cnc1CN1CC2(CCC(=O)N2)C1. The number of hydrogen-bond acceptors (Lipinski definition) is 9. The smallest absolute Gasteiger partial charge is 0.237 e. The first-order valence-corrected chi connectivity index (χ1v) is 19.6. The summed E-state index contributed by atoms with van der Waals surface area (Å²) in [6.45, 7) is 7.63. The number of carbonyl (C=O) groups excluding carboxylic acids is 2. The topological polar surface area (TPSA) is 131 Å². The van der Waals surface area contributed by atoms with Crippen molar-refractivity contribution >= 4 is 35.0 Å². The standard InChI is InChI=1S/C41H45Cl2N7O4/c1-23(2)20-54-40-36-24(10-12-30(36)44-17-25-11-13-34(51)46-25)16-31(47-40)28-8-4-6-26(37(28)42)27-7-5-9-29(38(27)43)32-18-45-33(39(48-32)53-3)19-50-21-41(22-50)15-14-35(52)49-41/h4-9,16,18,23,25,30,44H,10-15,17,19-22H2,1-3H3,(H,46,51)(H,49,52)/t25-,30?/m0/s1. The van der Waals surface area contributed by atoms with Crippen LogP contribution < -0.4 is 25.4 Å². The van der Waals surface area contributed by atoms with Gasteiger partial charge >= 0.3 is 0 Å². The van der Waals surface area contributed by atoms with Gasteiger partial charge in [-0.15, -0.1) is 0 Å². The van der Waals surface area contributed by atoms with Crippen molar-refractivity contribution in [2.24, 2.45) is 5.92 Å². The number of likely N-dealkylation sites (tertiary alicyclic amines) is 1. The van der Waals surface area contributed by atoms with Crippen LogP contribution in [0.5, 0.6) is 11.8 Å². The number of methoxy groups -OCH3 is 1. The molecule has 2 aromatic heterocycles. The maximum atomic E-state index is 11.8. The van der Waals surface area contributed by atoms with Gasteiger partial charge in [-0.2, -0.15) is 0 Å². The maximum Gasteiger partial charge on any atom is 0.237 e. The molecule has 2 aromatic carbocycles. The van der Waals surface area contributed by atoms with Crippen molar-refractivity contribution in [1.82, 2.24) is 35.8 Å². The molecule has 0 radical (unpaired) electrons. The van der Waals surface area contributed by atoms with Crippen LogP contribution in [0.15, 0.2) is 48.7 Å². The fraction of sp³-hybridized carbons (Fsp3) is 0.439. The summed E-state index contributed by atoms with van der Waals surface area (Å²) in [7, 11) is 1.59. The van der Waals surface area contributed by atoms with Crippen molar-refractivity contribution in [2.75, 3.05) is 33.4 Å². The Balaban J connectivity index is 1.06. The number of nitrogens with one attached hydrogen (secondary N) is 3. The Labute approximate surface area is 325 Å². The molecule has 4 aromatic rings. The Morgan fingerprint density at radius 1 is 0.926 bits per heavy atom. The van der Waals surface area contributed by atoms with E-state index in [1.807, 2.05) is 36.4 Å². The Morgan fingerprint density at radius 3 is 2.28 bits per heavy atom. The molecule has 2 atom stereocenters. The molecule has 1 aliphatic carbocycles. The molecular formula is C41H45Cl2N7O4. The Kier molecular flexibility index (Phi) is 10.3. The van der Waals surface area contributed by atoms with Gasteiger partial charge in [0, 0.05) is 78.9 Å². The van der Waals surface area contributed by atoms with Gasteiger partial charge in [-0.1, -0.05) is 73.4 Å². The average molecular weight is 771 g/mol. The zero-order valence-electron chi connectivity index (χ0n) is 30.8. The number of hydrogen-bond donors (Lipinski definition) is 3. The molecule has 3 aliphatic heterocycles. The lowest BCUT2D eigenvalue weighted by atomic mass is 9.88. The van der Waals surface area contributed by atoms with Gasteiger partial charge in [-0.05, 0) is 43.2 Å². The van der Waals surface area contributed by atoms with Gasteiger partial charge < -0.3 is 25.4 Å². The molecule has 13 heteroatoms. The first-order chi connectivity index (χ1) is 26.1. The van der Waals surface area contributed by atoms with E-state index in [2.05, 4.69) is 40.8 Å². The van der Waals surface area contributed by atoms with Gasteiger partial charge in [0.05, 0.1) is 46.9 Å². The number of fused-ring (bicyclic) bond motifs is 1. The molecule has 4 aliphatic rings. The van der Waals surface area contributed by atoms with Crippen molar-refractivity contribution in [3.8, 4) is 45.4 Å². The zero-order valence-corrected chi connectivity index (χ0v) is 32.3. The van der Waals surface area contributed by atoms with E-state index < -0.39 is 0 Å². The third-order valence-electron chi connectivity index (χ3n) is 10.9. The highest BCUT2D eigenvalue weighted by Crippen LogP contribution is 2.45. The average Bonchev–Trinajstić information content (AvgIpc) is 3.88. The predicted octanol–water partition coefficient (Wildman–Crippen LogP) is 6.54. The summed E-state index contributed by atoms with van der Waals surface area (Å²) < 4.78 is 12.1. The number of pyridine rings is 1. The number of halogens is 2. The van der Waals surface area contributed by atoms with E-state index in [9.17, 15) is 9.59 Å². The summed E-state index contributed by atoms with van der Waals surface area (Å²) in [5.41, 5.74) is 7.24. The van der Waals surface area contributed by atoms with E-state index in [0.717, 1.165) is 72.4 Å². The Bertz CT molecular complexity index is 2100. The van der Waals surface area contributed by atoms with E-state index in [-0.39, 0.29) is 29.4 Å². The van der Waals surface area contributed by atoms with E-state index in [0.29, 0.717) is 71.5 Å². The minimum absolute atomic E-state index is 0.0874. The predicted molar refractivity (Wildman–Crippen MR) is 209 cm³/mol. The first-order valence-electron chi connectivity index (χ1n) is 18.8. The molecule has 282 valence electrons. The Hall–Kier alpha value is -4.29. The number of amides is 2. The lowest BCUT2D eigenvalue weighted by molar-refractivity contribution is -0.121. The molecule has 54 heavy (non-hydrogen) atoms. The molecule has 3 N–H and O–H groups in total. The molecule has 8 rings (SSSR count). The molecule has 2 amide bonds. The van der Waals surface area contributed by atoms with Crippen molar-refractivity contribution < 1.29 is 19.1 Å². The van der Waals surface area contributed by atoms with E-state index in [1.54, 1.807) is 13.3 Å². The second kappa shape index (κ2) is 15.1. The maximum absolute atomic E-state index is 11.8. The molecule has 3 saturated heterocycles. The summed E-state index contributed by atoms with van der Waals surface area (Å²) in [5.74, 6) is 1.62. The van der Waals surface area contributed by atoms with Crippen LogP contribution in [0.1, 0.15) is 68.8 Å². The number of ether oxygens (including phenoxy) is 2. The fourth-order valence-corrected chi connectivity index (χ4v) is 8.89. The van der Waals surface area contributed by atoms with Gasteiger partial charge in [0.1, 0.15) is 5.69 Å². The highest BCUT2D eigenvalue weighted by Gasteiger charge is 2.47. The Morgan fingerprint density at radius 2 is 1.63 bits per heavy atom.